The van der Waals surface area contributed by atoms with E-state index < -0.39 is 0 Å². The normalized spacial score (nSPS) is 10.1. The molecule has 0 saturated carbocycles. The summed E-state index contributed by atoms with van der Waals surface area (Å²) < 4.78 is 9.95. The summed E-state index contributed by atoms with van der Waals surface area (Å²) in [7, 11) is 0. The van der Waals surface area contributed by atoms with Crippen molar-refractivity contribution in [2.45, 2.75) is 27.4 Å². The van der Waals surface area contributed by atoms with E-state index in [1.807, 2.05) is 0 Å². The molecule has 0 heterocycles. The van der Waals surface area contributed by atoms with E-state index in [1.54, 1.807) is 38.1 Å². The van der Waals surface area contributed by atoms with Gasteiger partial charge in [-0.2, -0.15) is 0 Å². The van der Waals surface area contributed by atoms with Crippen LogP contribution in [0.2, 0.25) is 0 Å². The second kappa shape index (κ2) is 6.03. The minimum Gasteiger partial charge on any atom is -0.461 e. The fraction of sp³-hybridized carbons (Fsp3) is 0.385. The van der Waals surface area contributed by atoms with Crippen LogP contribution in [0, 0.1) is 5.92 Å². The Labute approximate surface area is 101 Å². The standard InChI is InChI=1S/C13H16O4/c1-9(2)13(15)16-8-11-4-6-12(7-5-11)17-10(3)14/h4-7,9H,8H2,1-3H3. The number of benzene rings is 1. The first-order chi connectivity index (χ1) is 7.99. The van der Waals surface area contributed by atoms with Crippen molar-refractivity contribution in [1.82, 2.24) is 0 Å². The predicted octanol–water partition coefficient (Wildman–Crippen LogP) is 2.31. The maximum atomic E-state index is 11.2. The summed E-state index contributed by atoms with van der Waals surface area (Å²) in [5.74, 6) is -0.232. The van der Waals surface area contributed by atoms with Crippen molar-refractivity contribution in [2.24, 2.45) is 5.92 Å². The minimum atomic E-state index is -0.357. The van der Waals surface area contributed by atoms with Gasteiger partial charge in [0.1, 0.15) is 12.4 Å². The maximum absolute atomic E-state index is 11.2. The van der Waals surface area contributed by atoms with E-state index in [0.29, 0.717) is 5.75 Å². The van der Waals surface area contributed by atoms with Gasteiger partial charge in [0, 0.05) is 6.92 Å². The third-order valence-electron chi connectivity index (χ3n) is 2.04. The number of esters is 2. The van der Waals surface area contributed by atoms with E-state index in [1.165, 1.54) is 6.92 Å². The van der Waals surface area contributed by atoms with Crippen molar-refractivity contribution >= 4 is 11.9 Å². The Balaban J connectivity index is 2.51. The van der Waals surface area contributed by atoms with E-state index in [4.69, 9.17) is 9.47 Å². The fourth-order valence-corrected chi connectivity index (χ4v) is 1.14. The van der Waals surface area contributed by atoms with Gasteiger partial charge in [-0.05, 0) is 17.7 Å². The molecule has 1 aromatic rings. The predicted molar refractivity (Wildman–Crippen MR) is 62.4 cm³/mol. The molecule has 0 saturated heterocycles. The highest BCUT2D eigenvalue weighted by molar-refractivity contribution is 5.71. The third kappa shape index (κ3) is 4.68. The number of hydrogen-bond acceptors (Lipinski definition) is 4. The third-order valence-corrected chi connectivity index (χ3v) is 2.04. The van der Waals surface area contributed by atoms with Gasteiger partial charge in [-0.15, -0.1) is 0 Å². The van der Waals surface area contributed by atoms with Crippen molar-refractivity contribution < 1.29 is 19.1 Å². The van der Waals surface area contributed by atoms with Gasteiger partial charge in [-0.1, -0.05) is 26.0 Å². The lowest BCUT2D eigenvalue weighted by Crippen LogP contribution is -2.11. The van der Waals surface area contributed by atoms with Crippen LogP contribution in [0.15, 0.2) is 24.3 Å². The fourth-order valence-electron chi connectivity index (χ4n) is 1.14. The van der Waals surface area contributed by atoms with Gasteiger partial charge in [0.25, 0.3) is 0 Å². The molecule has 0 spiro atoms. The molecule has 92 valence electrons. The lowest BCUT2D eigenvalue weighted by molar-refractivity contribution is -0.148. The molecular formula is C13H16O4. The van der Waals surface area contributed by atoms with Gasteiger partial charge < -0.3 is 9.47 Å². The van der Waals surface area contributed by atoms with Crippen LogP contribution in [0.25, 0.3) is 0 Å². The van der Waals surface area contributed by atoms with E-state index >= 15 is 0 Å². The Morgan fingerprint density at radius 2 is 1.76 bits per heavy atom. The molecule has 0 atom stereocenters. The molecule has 1 rings (SSSR count). The summed E-state index contributed by atoms with van der Waals surface area (Å²) >= 11 is 0. The molecular weight excluding hydrogens is 220 g/mol. The molecule has 0 N–H and O–H groups in total. The average Bonchev–Trinajstić information content (AvgIpc) is 2.26. The quantitative estimate of drug-likeness (QED) is 0.594. The Bertz CT molecular complexity index is 392. The molecule has 4 heteroatoms. The lowest BCUT2D eigenvalue weighted by Gasteiger charge is -2.07. The zero-order valence-electron chi connectivity index (χ0n) is 10.2. The first-order valence-electron chi connectivity index (χ1n) is 5.43. The Kier molecular flexibility index (Phi) is 4.69. The highest BCUT2D eigenvalue weighted by atomic mass is 16.5. The van der Waals surface area contributed by atoms with E-state index in [9.17, 15) is 9.59 Å². The van der Waals surface area contributed by atoms with Crippen LogP contribution in [0.3, 0.4) is 0 Å². The SMILES string of the molecule is CC(=O)Oc1ccc(COC(=O)C(C)C)cc1. The highest BCUT2D eigenvalue weighted by Crippen LogP contribution is 2.13. The second-order valence-electron chi connectivity index (χ2n) is 4.00. The van der Waals surface area contributed by atoms with Crippen LogP contribution in [0.5, 0.6) is 5.75 Å². The number of rotatable bonds is 4. The van der Waals surface area contributed by atoms with Crippen molar-refractivity contribution in [3.8, 4) is 5.75 Å². The number of hydrogen-bond donors (Lipinski definition) is 0. The summed E-state index contributed by atoms with van der Waals surface area (Å²) in [6.07, 6.45) is 0. The number of carbonyl (C=O) groups is 2. The molecule has 0 radical (unpaired) electrons. The van der Waals surface area contributed by atoms with Gasteiger partial charge in [-0.25, -0.2) is 0 Å². The molecule has 1 aromatic carbocycles. The molecule has 0 unspecified atom stereocenters. The first-order valence-corrected chi connectivity index (χ1v) is 5.43. The molecule has 0 amide bonds. The van der Waals surface area contributed by atoms with Crippen molar-refractivity contribution in [2.75, 3.05) is 0 Å². The second-order valence-corrected chi connectivity index (χ2v) is 4.00. The van der Waals surface area contributed by atoms with E-state index in [0.717, 1.165) is 5.56 Å². The van der Waals surface area contributed by atoms with Crippen LogP contribution in [-0.4, -0.2) is 11.9 Å². The minimum absolute atomic E-state index is 0.129. The monoisotopic (exact) mass is 236 g/mol. The smallest absolute Gasteiger partial charge is 0.308 e. The Morgan fingerprint density at radius 3 is 2.24 bits per heavy atom. The molecule has 0 aliphatic rings. The highest BCUT2D eigenvalue weighted by Gasteiger charge is 2.08. The van der Waals surface area contributed by atoms with E-state index in [2.05, 4.69) is 0 Å². The number of ether oxygens (including phenoxy) is 2. The topological polar surface area (TPSA) is 52.6 Å². The molecule has 0 aromatic heterocycles. The van der Waals surface area contributed by atoms with Crippen LogP contribution >= 0.6 is 0 Å². The van der Waals surface area contributed by atoms with Gasteiger partial charge in [-0.3, -0.25) is 9.59 Å². The average molecular weight is 236 g/mol. The molecule has 0 bridgehead atoms. The number of carbonyl (C=O) groups excluding carboxylic acids is 2. The molecule has 4 nitrogen and oxygen atoms in total. The van der Waals surface area contributed by atoms with Crippen LogP contribution < -0.4 is 4.74 Å². The van der Waals surface area contributed by atoms with Crippen molar-refractivity contribution in [1.29, 1.82) is 0 Å². The maximum Gasteiger partial charge on any atom is 0.308 e. The van der Waals surface area contributed by atoms with Gasteiger partial charge in [0.05, 0.1) is 5.92 Å². The summed E-state index contributed by atoms with van der Waals surface area (Å²) in [5, 5.41) is 0. The summed E-state index contributed by atoms with van der Waals surface area (Å²) in [6, 6.07) is 6.84. The Morgan fingerprint density at radius 1 is 1.18 bits per heavy atom. The zero-order chi connectivity index (χ0) is 12.8. The van der Waals surface area contributed by atoms with Gasteiger partial charge >= 0.3 is 11.9 Å². The van der Waals surface area contributed by atoms with Crippen molar-refractivity contribution in [3.05, 3.63) is 29.8 Å². The van der Waals surface area contributed by atoms with Crippen LogP contribution in [0.1, 0.15) is 26.3 Å². The summed E-state index contributed by atoms with van der Waals surface area (Å²) in [5.41, 5.74) is 0.856. The van der Waals surface area contributed by atoms with Crippen molar-refractivity contribution in [3.63, 3.8) is 0 Å². The van der Waals surface area contributed by atoms with E-state index in [-0.39, 0.29) is 24.5 Å². The Hall–Kier alpha value is -1.84. The largest absolute Gasteiger partial charge is 0.461 e. The van der Waals surface area contributed by atoms with Gasteiger partial charge in [0.2, 0.25) is 0 Å². The summed E-state index contributed by atoms with van der Waals surface area (Å²) in [6.45, 7) is 5.15. The molecule has 0 aliphatic carbocycles. The van der Waals surface area contributed by atoms with Crippen LogP contribution in [-0.2, 0) is 20.9 Å². The lowest BCUT2D eigenvalue weighted by atomic mass is 10.2. The van der Waals surface area contributed by atoms with Crippen LogP contribution in [0.4, 0.5) is 0 Å². The first kappa shape index (κ1) is 13.2. The molecule has 0 fully saturated rings. The zero-order valence-corrected chi connectivity index (χ0v) is 10.2. The molecule has 17 heavy (non-hydrogen) atoms. The van der Waals surface area contributed by atoms with Gasteiger partial charge in [0.15, 0.2) is 0 Å². The molecule has 0 aliphatic heterocycles. The summed E-state index contributed by atoms with van der Waals surface area (Å²) in [4.78, 5) is 21.9.